The SMILES string of the molecule is CC(C)CC(C(=O)Nc1cccc(-c2nnc3n2CCCCC3)c1)N1C(=O)C2CC=CCC2C1=O. The minimum absolute atomic E-state index is 0.143. The van der Waals surface area contributed by atoms with E-state index in [-0.39, 0.29) is 35.5 Å². The molecule has 1 N–H and O–H groups in total. The molecule has 2 aliphatic heterocycles. The van der Waals surface area contributed by atoms with Crippen LogP contribution < -0.4 is 5.32 Å². The van der Waals surface area contributed by atoms with E-state index in [0.29, 0.717) is 24.9 Å². The van der Waals surface area contributed by atoms with Crippen molar-refractivity contribution in [2.45, 2.75) is 71.4 Å². The van der Waals surface area contributed by atoms with Gasteiger partial charge in [-0.25, -0.2) is 0 Å². The monoisotopic (exact) mass is 475 g/mol. The first kappa shape index (κ1) is 23.5. The summed E-state index contributed by atoms with van der Waals surface area (Å²) in [5.74, 6) is 0.497. The molecule has 3 atom stereocenters. The lowest BCUT2D eigenvalue weighted by atomic mass is 9.85. The third-order valence-electron chi connectivity index (χ3n) is 7.35. The fourth-order valence-electron chi connectivity index (χ4n) is 5.57. The maximum absolute atomic E-state index is 13.5. The Morgan fingerprint density at radius 1 is 1.06 bits per heavy atom. The molecule has 184 valence electrons. The number of carbonyl (C=O) groups is 3. The largest absolute Gasteiger partial charge is 0.324 e. The standard InChI is InChI=1S/C27H33N5O3/c1-17(2)15-22(32-26(34)20-11-5-6-12-21(20)27(32)35)25(33)28-19-10-8-9-18(16-19)24-30-29-23-13-4-3-7-14-31(23)24/h5-6,8-10,16-17,20-22H,3-4,7,11-15H2,1-2H3,(H,28,33). The fourth-order valence-corrected chi connectivity index (χ4v) is 5.57. The Kier molecular flexibility index (Phi) is 6.54. The Labute approximate surface area is 205 Å². The number of hydrogen-bond acceptors (Lipinski definition) is 5. The molecule has 1 aromatic heterocycles. The van der Waals surface area contributed by atoms with Crippen LogP contribution in [0, 0.1) is 17.8 Å². The number of imide groups is 1. The normalized spacial score (nSPS) is 22.7. The van der Waals surface area contributed by atoms with E-state index in [4.69, 9.17) is 0 Å². The maximum Gasteiger partial charge on any atom is 0.247 e. The van der Waals surface area contributed by atoms with E-state index in [1.165, 1.54) is 11.3 Å². The number of aryl methyl sites for hydroxylation is 1. The van der Waals surface area contributed by atoms with Crippen LogP contribution in [0.15, 0.2) is 36.4 Å². The van der Waals surface area contributed by atoms with E-state index < -0.39 is 6.04 Å². The molecular formula is C27H33N5O3. The molecule has 8 heteroatoms. The quantitative estimate of drug-likeness (QED) is 0.504. The molecule has 0 bridgehead atoms. The molecule has 1 fully saturated rings. The number of nitrogens with one attached hydrogen (secondary N) is 1. The number of aromatic nitrogens is 3. The second-order valence-electron chi connectivity index (χ2n) is 10.3. The highest BCUT2D eigenvalue weighted by Crippen LogP contribution is 2.37. The van der Waals surface area contributed by atoms with Crippen molar-refractivity contribution >= 4 is 23.4 Å². The molecule has 1 saturated heterocycles. The maximum atomic E-state index is 13.5. The number of rotatable bonds is 6. The second kappa shape index (κ2) is 9.76. The van der Waals surface area contributed by atoms with Gasteiger partial charge in [0.15, 0.2) is 5.82 Å². The van der Waals surface area contributed by atoms with Gasteiger partial charge in [0.2, 0.25) is 17.7 Å². The van der Waals surface area contributed by atoms with E-state index in [2.05, 4.69) is 20.1 Å². The van der Waals surface area contributed by atoms with Gasteiger partial charge in [0, 0.05) is 24.2 Å². The zero-order valence-electron chi connectivity index (χ0n) is 20.4. The van der Waals surface area contributed by atoms with Crippen LogP contribution in [0.1, 0.15) is 58.2 Å². The predicted molar refractivity (Wildman–Crippen MR) is 132 cm³/mol. The highest BCUT2D eigenvalue weighted by atomic mass is 16.2. The van der Waals surface area contributed by atoms with Gasteiger partial charge in [0.25, 0.3) is 0 Å². The summed E-state index contributed by atoms with van der Waals surface area (Å²) in [6, 6.07) is 6.74. The van der Waals surface area contributed by atoms with E-state index in [1.54, 1.807) is 0 Å². The average molecular weight is 476 g/mol. The molecule has 1 aliphatic carbocycles. The molecule has 3 unspecified atom stereocenters. The van der Waals surface area contributed by atoms with Gasteiger partial charge in [-0.1, -0.05) is 44.6 Å². The van der Waals surface area contributed by atoms with Gasteiger partial charge >= 0.3 is 0 Å². The number of benzene rings is 1. The fraction of sp³-hybridized carbons (Fsp3) is 0.519. The van der Waals surface area contributed by atoms with Gasteiger partial charge in [0.05, 0.1) is 11.8 Å². The van der Waals surface area contributed by atoms with Crippen molar-refractivity contribution in [1.82, 2.24) is 19.7 Å². The van der Waals surface area contributed by atoms with Crippen molar-refractivity contribution in [3.63, 3.8) is 0 Å². The molecule has 2 aromatic rings. The Morgan fingerprint density at radius 2 is 1.80 bits per heavy atom. The van der Waals surface area contributed by atoms with E-state index >= 15 is 0 Å². The van der Waals surface area contributed by atoms with Crippen LogP contribution in [0.4, 0.5) is 5.69 Å². The Balaban J connectivity index is 1.38. The zero-order chi connectivity index (χ0) is 24.5. The number of amides is 3. The third kappa shape index (κ3) is 4.54. The Bertz CT molecular complexity index is 1140. The minimum Gasteiger partial charge on any atom is -0.324 e. The first-order valence-corrected chi connectivity index (χ1v) is 12.8. The topological polar surface area (TPSA) is 97.2 Å². The summed E-state index contributed by atoms with van der Waals surface area (Å²) < 4.78 is 2.17. The minimum atomic E-state index is -0.825. The molecule has 0 radical (unpaired) electrons. The molecule has 0 saturated carbocycles. The van der Waals surface area contributed by atoms with Crippen LogP contribution >= 0.6 is 0 Å². The smallest absolute Gasteiger partial charge is 0.247 e. The van der Waals surface area contributed by atoms with Gasteiger partial charge < -0.3 is 9.88 Å². The van der Waals surface area contributed by atoms with E-state index in [9.17, 15) is 14.4 Å². The van der Waals surface area contributed by atoms with Gasteiger partial charge in [0.1, 0.15) is 11.9 Å². The summed E-state index contributed by atoms with van der Waals surface area (Å²) in [7, 11) is 0. The predicted octanol–water partition coefficient (Wildman–Crippen LogP) is 3.98. The van der Waals surface area contributed by atoms with Crippen LogP contribution in [0.25, 0.3) is 11.4 Å². The molecule has 0 spiro atoms. The number of nitrogens with zero attached hydrogens (tertiary/aromatic N) is 4. The van der Waals surface area contributed by atoms with Gasteiger partial charge in [-0.15, -0.1) is 10.2 Å². The van der Waals surface area contributed by atoms with Crippen molar-refractivity contribution in [3.8, 4) is 11.4 Å². The number of anilines is 1. The first-order valence-electron chi connectivity index (χ1n) is 12.8. The summed E-state index contributed by atoms with van der Waals surface area (Å²) in [4.78, 5) is 41.1. The van der Waals surface area contributed by atoms with Gasteiger partial charge in [-0.3, -0.25) is 19.3 Å². The van der Waals surface area contributed by atoms with Crippen molar-refractivity contribution in [3.05, 3.63) is 42.2 Å². The lowest BCUT2D eigenvalue weighted by Crippen LogP contribution is -2.48. The number of fused-ring (bicyclic) bond motifs is 2. The molecule has 3 amide bonds. The lowest BCUT2D eigenvalue weighted by molar-refractivity contribution is -0.147. The zero-order valence-corrected chi connectivity index (χ0v) is 20.4. The van der Waals surface area contributed by atoms with Crippen LogP contribution in [0.3, 0.4) is 0 Å². The van der Waals surface area contributed by atoms with E-state index in [1.807, 2.05) is 50.3 Å². The van der Waals surface area contributed by atoms with Crippen molar-refractivity contribution < 1.29 is 14.4 Å². The van der Waals surface area contributed by atoms with Crippen molar-refractivity contribution in [2.24, 2.45) is 17.8 Å². The Hall–Kier alpha value is -3.29. The summed E-state index contributed by atoms with van der Waals surface area (Å²) in [5.41, 5.74) is 1.50. The summed E-state index contributed by atoms with van der Waals surface area (Å²) in [6.45, 7) is 4.89. The van der Waals surface area contributed by atoms with Crippen LogP contribution in [0.5, 0.6) is 0 Å². The highest BCUT2D eigenvalue weighted by Gasteiger charge is 2.51. The molecule has 5 rings (SSSR count). The van der Waals surface area contributed by atoms with Crippen molar-refractivity contribution in [2.75, 3.05) is 5.32 Å². The lowest BCUT2D eigenvalue weighted by Gasteiger charge is -2.27. The number of likely N-dealkylation sites (tertiary alicyclic amines) is 1. The molecule has 3 aliphatic rings. The second-order valence-corrected chi connectivity index (χ2v) is 10.3. The highest BCUT2D eigenvalue weighted by molar-refractivity contribution is 6.10. The molecular weight excluding hydrogens is 442 g/mol. The molecule has 1 aromatic carbocycles. The first-order chi connectivity index (χ1) is 16.9. The van der Waals surface area contributed by atoms with Crippen LogP contribution in [-0.2, 0) is 27.3 Å². The van der Waals surface area contributed by atoms with Crippen LogP contribution in [0.2, 0.25) is 0 Å². The summed E-state index contributed by atoms with van der Waals surface area (Å²) in [5, 5.41) is 11.8. The van der Waals surface area contributed by atoms with Gasteiger partial charge in [-0.05, 0) is 50.2 Å². The third-order valence-corrected chi connectivity index (χ3v) is 7.35. The molecule has 3 heterocycles. The number of hydrogen-bond donors (Lipinski definition) is 1. The summed E-state index contributed by atoms with van der Waals surface area (Å²) in [6.07, 6.45) is 9.80. The van der Waals surface area contributed by atoms with Gasteiger partial charge in [-0.2, -0.15) is 0 Å². The average Bonchev–Trinajstić information content (AvgIpc) is 3.25. The van der Waals surface area contributed by atoms with Crippen molar-refractivity contribution in [1.29, 1.82) is 0 Å². The number of carbonyl (C=O) groups excluding carboxylic acids is 3. The Morgan fingerprint density at radius 3 is 2.51 bits per heavy atom. The van der Waals surface area contributed by atoms with E-state index in [0.717, 1.165) is 43.0 Å². The molecule has 35 heavy (non-hydrogen) atoms. The van der Waals surface area contributed by atoms with Crippen LogP contribution in [-0.4, -0.2) is 43.4 Å². The summed E-state index contributed by atoms with van der Waals surface area (Å²) >= 11 is 0. The number of allylic oxidation sites excluding steroid dienone is 2. The molecule has 8 nitrogen and oxygen atoms in total.